The van der Waals surface area contributed by atoms with Gasteiger partial charge in [0.05, 0.1) is 4.88 Å². The van der Waals surface area contributed by atoms with E-state index in [0.29, 0.717) is 10.9 Å². The number of likely N-dealkylation sites (tertiary alicyclic amines) is 1. The van der Waals surface area contributed by atoms with Gasteiger partial charge in [-0.3, -0.25) is 15.1 Å². The second-order valence-electron chi connectivity index (χ2n) is 5.23. The van der Waals surface area contributed by atoms with Crippen LogP contribution in [-0.4, -0.2) is 48.9 Å². The summed E-state index contributed by atoms with van der Waals surface area (Å²) in [6, 6.07) is 4.50. The maximum atomic E-state index is 11.4. The number of hydrazine groups is 1. The smallest absolute Gasteiger partial charge is 0.275 e. The number of carbonyl (C=O) groups excluding carboxylic acids is 1. The third kappa shape index (κ3) is 3.76. The van der Waals surface area contributed by atoms with E-state index >= 15 is 0 Å². The normalized spacial score (nSPS) is 20.7. The van der Waals surface area contributed by atoms with Gasteiger partial charge >= 0.3 is 0 Å². The number of rotatable bonds is 4. The lowest BCUT2D eigenvalue weighted by Gasteiger charge is -2.35. The van der Waals surface area contributed by atoms with Gasteiger partial charge in [-0.1, -0.05) is 0 Å². The molecule has 6 heteroatoms. The number of amides is 1. The van der Waals surface area contributed by atoms with E-state index in [9.17, 15) is 4.79 Å². The molecule has 0 saturated carbocycles. The summed E-state index contributed by atoms with van der Waals surface area (Å²) >= 11 is 1.52. The van der Waals surface area contributed by atoms with Gasteiger partial charge < -0.3 is 4.90 Å². The Labute approximate surface area is 118 Å². The molecule has 1 unspecified atom stereocenters. The summed E-state index contributed by atoms with van der Waals surface area (Å²) in [6.45, 7) is 3.16. The molecule has 19 heavy (non-hydrogen) atoms. The molecule has 0 spiro atoms. The molecule has 1 saturated heterocycles. The Balaban J connectivity index is 1.93. The zero-order chi connectivity index (χ0) is 13.8. The molecule has 1 aliphatic rings. The van der Waals surface area contributed by atoms with Crippen LogP contribution in [0.2, 0.25) is 0 Å². The van der Waals surface area contributed by atoms with E-state index in [4.69, 9.17) is 5.84 Å². The van der Waals surface area contributed by atoms with E-state index in [-0.39, 0.29) is 5.91 Å². The van der Waals surface area contributed by atoms with E-state index in [1.54, 1.807) is 0 Å². The average molecular weight is 282 g/mol. The monoisotopic (exact) mass is 282 g/mol. The fourth-order valence-corrected chi connectivity index (χ4v) is 3.43. The quantitative estimate of drug-likeness (QED) is 0.489. The molecule has 1 aromatic rings. The highest BCUT2D eigenvalue weighted by atomic mass is 32.1. The summed E-state index contributed by atoms with van der Waals surface area (Å²) in [7, 11) is 4.28. The van der Waals surface area contributed by atoms with Crippen molar-refractivity contribution in [2.75, 3.05) is 27.2 Å². The van der Waals surface area contributed by atoms with E-state index in [0.717, 1.165) is 19.6 Å². The molecule has 0 bridgehead atoms. The van der Waals surface area contributed by atoms with E-state index < -0.39 is 0 Å². The lowest BCUT2D eigenvalue weighted by Crippen LogP contribution is -2.44. The van der Waals surface area contributed by atoms with E-state index in [1.807, 2.05) is 12.1 Å². The second kappa shape index (κ2) is 6.47. The topological polar surface area (TPSA) is 61.6 Å². The summed E-state index contributed by atoms with van der Waals surface area (Å²) in [6.07, 6.45) is 2.51. The molecular weight excluding hydrogens is 260 g/mol. The van der Waals surface area contributed by atoms with Crippen LogP contribution >= 0.6 is 11.3 Å². The zero-order valence-corrected chi connectivity index (χ0v) is 12.4. The van der Waals surface area contributed by atoms with Gasteiger partial charge in [0, 0.05) is 24.0 Å². The number of nitrogens with zero attached hydrogens (tertiary/aromatic N) is 2. The van der Waals surface area contributed by atoms with Crippen molar-refractivity contribution in [1.82, 2.24) is 15.2 Å². The SMILES string of the molecule is CN(C)C1CCCN(Cc2ccc(C(=O)NN)s2)C1. The number of nitrogen functional groups attached to an aromatic ring is 1. The van der Waals surface area contributed by atoms with Gasteiger partial charge in [-0.15, -0.1) is 11.3 Å². The maximum absolute atomic E-state index is 11.4. The largest absolute Gasteiger partial charge is 0.305 e. The Morgan fingerprint density at radius 3 is 3.05 bits per heavy atom. The van der Waals surface area contributed by atoms with Gasteiger partial charge in [0.2, 0.25) is 0 Å². The minimum absolute atomic E-state index is 0.207. The number of hydrogen-bond donors (Lipinski definition) is 2. The molecule has 1 fully saturated rings. The predicted octanol–water partition coefficient (Wildman–Crippen LogP) is 0.878. The van der Waals surface area contributed by atoms with Gasteiger partial charge in [-0.05, 0) is 45.6 Å². The Hall–Kier alpha value is -0.950. The lowest BCUT2D eigenvalue weighted by atomic mass is 10.1. The van der Waals surface area contributed by atoms with Gasteiger partial charge in [0.15, 0.2) is 0 Å². The molecule has 106 valence electrons. The van der Waals surface area contributed by atoms with Crippen molar-refractivity contribution in [3.63, 3.8) is 0 Å². The van der Waals surface area contributed by atoms with Gasteiger partial charge in [-0.25, -0.2) is 5.84 Å². The van der Waals surface area contributed by atoms with Gasteiger partial charge in [0.1, 0.15) is 0 Å². The van der Waals surface area contributed by atoms with Gasteiger partial charge in [-0.2, -0.15) is 0 Å². The highest BCUT2D eigenvalue weighted by Crippen LogP contribution is 2.21. The molecule has 3 N–H and O–H groups in total. The van der Waals surface area contributed by atoms with Crippen molar-refractivity contribution >= 4 is 17.2 Å². The summed E-state index contributed by atoms with van der Waals surface area (Å²) < 4.78 is 0. The van der Waals surface area contributed by atoms with Crippen molar-refractivity contribution in [1.29, 1.82) is 0 Å². The van der Waals surface area contributed by atoms with Crippen LogP contribution in [0.1, 0.15) is 27.4 Å². The molecule has 0 aliphatic carbocycles. The number of thiophene rings is 1. The summed E-state index contributed by atoms with van der Waals surface area (Å²) in [5.74, 6) is 4.93. The van der Waals surface area contributed by atoms with Crippen LogP contribution in [0.3, 0.4) is 0 Å². The fraction of sp³-hybridized carbons (Fsp3) is 0.615. The number of carbonyl (C=O) groups is 1. The summed E-state index contributed by atoms with van der Waals surface area (Å²) in [5, 5.41) is 0. The third-order valence-electron chi connectivity index (χ3n) is 3.61. The molecule has 2 heterocycles. The maximum Gasteiger partial charge on any atom is 0.275 e. The first-order valence-corrected chi connectivity index (χ1v) is 7.40. The highest BCUT2D eigenvalue weighted by molar-refractivity contribution is 7.14. The van der Waals surface area contributed by atoms with E-state index in [1.165, 1.54) is 29.1 Å². The molecule has 1 aromatic heterocycles. The second-order valence-corrected chi connectivity index (χ2v) is 6.40. The third-order valence-corrected chi connectivity index (χ3v) is 4.68. The number of piperidine rings is 1. The molecular formula is C13H22N4OS. The lowest BCUT2D eigenvalue weighted by molar-refractivity contribution is 0.0957. The molecule has 1 aliphatic heterocycles. The van der Waals surface area contributed by atoms with Crippen molar-refractivity contribution in [3.05, 3.63) is 21.9 Å². The number of nitrogens with two attached hydrogens (primary N) is 1. The minimum atomic E-state index is -0.207. The molecule has 2 rings (SSSR count). The Bertz CT molecular complexity index is 432. The molecule has 1 amide bonds. The van der Waals surface area contributed by atoms with Crippen LogP contribution < -0.4 is 11.3 Å². The average Bonchev–Trinajstić information content (AvgIpc) is 2.86. The summed E-state index contributed by atoms with van der Waals surface area (Å²) in [4.78, 5) is 18.1. The minimum Gasteiger partial charge on any atom is -0.305 e. The molecule has 0 radical (unpaired) electrons. The molecule has 1 atom stereocenters. The van der Waals surface area contributed by atoms with E-state index in [2.05, 4.69) is 29.3 Å². The van der Waals surface area contributed by atoms with Crippen LogP contribution in [0.15, 0.2) is 12.1 Å². The predicted molar refractivity (Wildman–Crippen MR) is 78.0 cm³/mol. The first-order valence-electron chi connectivity index (χ1n) is 6.58. The van der Waals surface area contributed by atoms with Crippen molar-refractivity contribution in [3.8, 4) is 0 Å². The first kappa shape index (κ1) is 14.5. The van der Waals surface area contributed by atoms with Crippen molar-refractivity contribution in [2.45, 2.75) is 25.4 Å². The fourth-order valence-electron chi connectivity index (χ4n) is 2.47. The number of nitrogens with one attached hydrogen (secondary N) is 1. The standard InChI is InChI=1S/C13H22N4OS/c1-16(2)10-4-3-7-17(8-10)9-11-5-6-12(19-11)13(18)15-14/h5-6,10H,3-4,7-9,14H2,1-2H3,(H,15,18). The van der Waals surface area contributed by atoms with Crippen LogP contribution in [0, 0.1) is 0 Å². The van der Waals surface area contributed by atoms with Gasteiger partial charge in [0.25, 0.3) is 5.91 Å². The number of likely N-dealkylation sites (N-methyl/N-ethyl adjacent to an activating group) is 1. The Morgan fingerprint density at radius 2 is 2.37 bits per heavy atom. The number of hydrogen-bond acceptors (Lipinski definition) is 5. The van der Waals surface area contributed by atoms with Crippen LogP contribution in [-0.2, 0) is 6.54 Å². The Morgan fingerprint density at radius 1 is 1.58 bits per heavy atom. The van der Waals surface area contributed by atoms with Crippen molar-refractivity contribution in [2.24, 2.45) is 5.84 Å². The Kier molecular flexibility index (Phi) is 4.93. The van der Waals surface area contributed by atoms with Crippen LogP contribution in [0.4, 0.5) is 0 Å². The molecule has 5 nitrogen and oxygen atoms in total. The van der Waals surface area contributed by atoms with Crippen molar-refractivity contribution < 1.29 is 4.79 Å². The summed E-state index contributed by atoms with van der Waals surface area (Å²) in [5.41, 5.74) is 2.17. The highest BCUT2D eigenvalue weighted by Gasteiger charge is 2.21. The van der Waals surface area contributed by atoms with Crippen LogP contribution in [0.25, 0.3) is 0 Å². The first-order chi connectivity index (χ1) is 9.10. The van der Waals surface area contributed by atoms with Crippen LogP contribution in [0.5, 0.6) is 0 Å². The molecule has 0 aromatic carbocycles. The zero-order valence-electron chi connectivity index (χ0n) is 11.6.